The van der Waals surface area contributed by atoms with Gasteiger partial charge in [-0.05, 0) is 115 Å². The summed E-state index contributed by atoms with van der Waals surface area (Å²) in [5, 5.41) is 14.2. The number of fused-ring (bicyclic) bond motifs is 8. The zero-order valence-electron chi connectivity index (χ0n) is 29.1. The normalized spacial score (nSPS) is 12.8. The number of allylic oxidation sites excluding steroid dienone is 4. The van der Waals surface area contributed by atoms with Gasteiger partial charge in [0.15, 0.2) is 5.82 Å². The molecule has 8 bridgehead atoms. The molecule has 0 radical (unpaired) electrons. The number of aromatic nitrogens is 6. The van der Waals surface area contributed by atoms with Crippen molar-refractivity contribution in [3.8, 4) is 0 Å². The lowest BCUT2D eigenvalue weighted by molar-refractivity contribution is -0.392. The lowest BCUT2D eigenvalue weighted by atomic mass is 9.98. The van der Waals surface area contributed by atoms with Gasteiger partial charge in [0.05, 0.1) is 36.4 Å². The minimum atomic E-state index is -0.484. The van der Waals surface area contributed by atoms with Crippen molar-refractivity contribution >= 4 is 62.1 Å². The molecule has 3 N–H and O–H groups in total. The van der Waals surface area contributed by atoms with Crippen molar-refractivity contribution in [3.05, 3.63) is 92.4 Å². The van der Waals surface area contributed by atoms with Crippen molar-refractivity contribution in [1.82, 2.24) is 34.8 Å². The molecule has 1 amide bonds. The van der Waals surface area contributed by atoms with Gasteiger partial charge >= 0.3 is 11.8 Å². The van der Waals surface area contributed by atoms with Crippen molar-refractivity contribution < 1.29 is 19.2 Å². The number of hydrogen-bond donors (Lipinski definition) is 3. The number of carbonyl (C=O) groups is 2. The second kappa shape index (κ2) is 13.9. The number of esters is 1. The standard InChI is InChI=1S/C37H40N8O5/c1-20-13-26-16-31-22(3)27(7-9-35(46)38-11-12-44-24(5)39-19-36(44)45(48)49)33(42-31)18-34-28(8-10-37(47)50-6)23(4)32(43-34)17-30-21(2)14-25(41-30)15-29(20)40-26/h13-19,40-41H,7-12H2,1-6H3,(H,38,46). The van der Waals surface area contributed by atoms with Gasteiger partial charge in [0.25, 0.3) is 0 Å². The maximum atomic E-state index is 13.1. The summed E-state index contributed by atoms with van der Waals surface area (Å²) in [6, 6.07) is 12.3. The van der Waals surface area contributed by atoms with Crippen LogP contribution < -0.4 is 5.32 Å². The molecule has 2 aliphatic heterocycles. The van der Waals surface area contributed by atoms with Crippen LogP contribution in [0.15, 0.2) is 42.6 Å². The summed E-state index contributed by atoms with van der Waals surface area (Å²) in [4.78, 5) is 57.3. The number of aromatic amines is 2. The third-order valence-electron chi connectivity index (χ3n) is 9.36. The number of H-pyrrole nitrogens is 2. The average molecular weight is 677 g/mol. The Bertz CT molecular complexity index is 2270. The molecule has 0 aliphatic carbocycles. The summed E-state index contributed by atoms with van der Waals surface area (Å²) in [6.07, 6.45) is 2.48. The molecular formula is C37H40N8O5. The van der Waals surface area contributed by atoms with Crippen LogP contribution in [0.4, 0.5) is 5.82 Å². The number of methoxy groups -OCH3 is 1. The predicted molar refractivity (Wildman–Crippen MR) is 193 cm³/mol. The van der Waals surface area contributed by atoms with E-state index in [4.69, 9.17) is 14.7 Å². The van der Waals surface area contributed by atoms with E-state index in [0.29, 0.717) is 30.1 Å². The lowest BCUT2D eigenvalue weighted by Crippen LogP contribution is -2.27. The van der Waals surface area contributed by atoms with E-state index in [1.165, 1.54) is 17.9 Å². The zero-order valence-corrected chi connectivity index (χ0v) is 29.1. The third kappa shape index (κ3) is 6.98. The van der Waals surface area contributed by atoms with Gasteiger partial charge in [0, 0.05) is 41.8 Å². The van der Waals surface area contributed by atoms with E-state index in [0.717, 1.165) is 66.9 Å². The Balaban J connectivity index is 1.39. The number of amides is 1. The van der Waals surface area contributed by atoms with Crippen molar-refractivity contribution in [2.24, 2.45) is 0 Å². The van der Waals surface area contributed by atoms with Gasteiger partial charge in [0.1, 0.15) is 12.7 Å². The number of carbonyl (C=O) groups excluding carboxylic acids is 2. The maximum absolute atomic E-state index is 13.1. The maximum Gasteiger partial charge on any atom is 0.342 e. The third-order valence-corrected chi connectivity index (χ3v) is 9.36. The van der Waals surface area contributed by atoms with E-state index in [-0.39, 0.29) is 43.6 Å². The average Bonchev–Trinajstić information content (AvgIpc) is 3.85. The van der Waals surface area contributed by atoms with Gasteiger partial charge in [-0.2, -0.15) is 0 Å². The molecule has 4 aromatic rings. The van der Waals surface area contributed by atoms with E-state index in [2.05, 4.69) is 52.3 Å². The topological polar surface area (TPSA) is 174 Å². The summed E-state index contributed by atoms with van der Waals surface area (Å²) >= 11 is 0. The summed E-state index contributed by atoms with van der Waals surface area (Å²) in [6.45, 7) is 10.3. The van der Waals surface area contributed by atoms with Crippen molar-refractivity contribution in [2.75, 3.05) is 13.7 Å². The molecule has 4 aromatic heterocycles. The molecule has 2 aliphatic rings. The Labute approximate surface area is 288 Å². The number of nitrogens with one attached hydrogen (secondary N) is 3. The van der Waals surface area contributed by atoms with Crippen LogP contribution in [0, 0.1) is 30.9 Å². The van der Waals surface area contributed by atoms with E-state index < -0.39 is 4.92 Å². The number of ether oxygens (including phenoxy) is 1. The highest BCUT2D eigenvalue weighted by molar-refractivity contribution is 5.96. The first-order chi connectivity index (χ1) is 23.9. The van der Waals surface area contributed by atoms with Crippen LogP contribution >= 0.6 is 0 Å². The van der Waals surface area contributed by atoms with Crippen LogP contribution in [-0.4, -0.2) is 59.9 Å². The number of imidazole rings is 1. The first-order valence-electron chi connectivity index (χ1n) is 16.5. The molecule has 0 saturated heterocycles. The molecule has 13 nitrogen and oxygen atoms in total. The first kappa shape index (κ1) is 34.0. The smallest absolute Gasteiger partial charge is 0.342 e. The van der Waals surface area contributed by atoms with E-state index in [1.54, 1.807) is 6.92 Å². The van der Waals surface area contributed by atoms with Crippen molar-refractivity contribution in [2.45, 2.75) is 66.8 Å². The van der Waals surface area contributed by atoms with Gasteiger partial charge in [-0.15, -0.1) is 0 Å². The molecule has 0 fully saturated rings. The first-order valence-corrected chi connectivity index (χ1v) is 16.5. The number of hydrogen-bond acceptors (Lipinski definition) is 8. The van der Waals surface area contributed by atoms with Crippen LogP contribution in [0.1, 0.15) is 79.3 Å². The fraction of sp³-hybridized carbons (Fsp3) is 0.324. The lowest BCUT2D eigenvalue weighted by Gasteiger charge is -2.08. The van der Waals surface area contributed by atoms with Crippen LogP contribution in [0.2, 0.25) is 0 Å². The summed E-state index contributed by atoms with van der Waals surface area (Å²) in [7, 11) is 1.38. The molecule has 0 atom stereocenters. The number of nitrogens with zero attached hydrogens (tertiary/aromatic N) is 5. The fourth-order valence-corrected chi connectivity index (χ4v) is 6.47. The molecule has 0 unspecified atom stereocenters. The minimum Gasteiger partial charge on any atom is -0.469 e. The Hall–Kier alpha value is -5.85. The molecule has 13 heteroatoms. The van der Waals surface area contributed by atoms with Gasteiger partial charge in [-0.1, -0.05) is 0 Å². The molecule has 0 spiro atoms. The predicted octanol–water partition coefficient (Wildman–Crippen LogP) is 6.76. The van der Waals surface area contributed by atoms with Gasteiger partial charge in [-0.3, -0.25) is 9.59 Å². The Kier molecular flexibility index (Phi) is 9.49. The minimum absolute atomic E-state index is 0.112. The SMILES string of the molecule is COC(=O)CCC1=C(C)c2cc3[nH]c(cc3C)cc3[nH]c(cc4nc(cc1n2)C(CCC(=O)NCCn1c([N+](=O)[O-])cnc1C)=C4C)cc3C. The highest BCUT2D eigenvalue weighted by Crippen LogP contribution is 2.37. The van der Waals surface area contributed by atoms with Gasteiger partial charge in [0.2, 0.25) is 5.91 Å². The Morgan fingerprint density at radius 1 is 0.820 bits per heavy atom. The molecule has 6 rings (SSSR count). The highest BCUT2D eigenvalue weighted by Gasteiger charge is 2.23. The quantitative estimate of drug-likeness (QED) is 0.0939. The number of rotatable bonds is 10. The molecule has 0 aromatic carbocycles. The van der Waals surface area contributed by atoms with Crippen LogP contribution in [0.3, 0.4) is 0 Å². The summed E-state index contributed by atoms with van der Waals surface area (Å²) < 4.78 is 6.42. The highest BCUT2D eigenvalue weighted by atomic mass is 16.6. The Morgan fingerprint density at radius 2 is 1.40 bits per heavy atom. The number of nitro groups is 1. The molecular weight excluding hydrogens is 636 g/mol. The van der Waals surface area contributed by atoms with Crippen LogP contribution in [0.5, 0.6) is 0 Å². The number of aryl methyl sites for hydroxylation is 3. The van der Waals surface area contributed by atoms with Gasteiger partial charge in [-0.25, -0.2) is 19.5 Å². The monoisotopic (exact) mass is 676 g/mol. The Morgan fingerprint density at radius 3 is 2.02 bits per heavy atom. The second-order valence-electron chi connectivity index (χ2n) is 12.7. The van der Waals surface area contributed by atoms with Crippen LogP contribution in [-0.2, 0) is 20.9 Å². The van der Waals surface area contributed by atoms with Gasteiger partial charge < -0.3 is 30.1 Å². The van der Waals surface area contributed by atoms with Crippen molar-refractivity contribution in [3.63, 3.8) is 0 Å². The summed E-state index contributed by atoms with van der Waals surface area (Å²) in [5.74, 6) is -0.0867. The molecule has 0 saturated carbocycles. The van der Waals surface area contributed by atoms with Crippen molar-refractivity contribution in [1.29, 1.82) is 0 Å². The van der Waals surface area contributed by atoms with E-state index in [1.807, 2.05) is 32.0 Å². The molecule has 258 valence electrons. The van der Waals surface area contributed by atoms with E-state index >= 15 is 0 Å². The largest absolute Gasteiger partial charge is 0.469 e. The van der Waals surface area contributed by atoms with Crippen LogP contribution in [0.25, 0.3) is 44.4 Å². The van der Waals surface area contributed by atoms with E-state index in [9.17, 15) is 19.7 Å². The fourth-order valence-electron chi connectivity index (χ4n) is 6.47. The molecule has 50 heavy (non-hydrogen) atoms. The molecule has 6 heterocycles. The second-order valence-corrected chi connectivity index (χ2v) is 12.7. The summed E-state index contributed by atoms with van der Waals surface area (Å²) in [5.41, 5.74) is 12.7. The zero-order chi connectivity index (χ0) is 35.7.